The van der Waals surface area contributed by atoms with Gasteiger partial charge in [0.15, 0.2) is 6.61 Å². The molecule has 2 rings (SSSR count). The summed E-state index contributed by atoms with van der Waals surface area (Å²) in [6.07, 6.45) is 0.596. The third-order valence-electron chi connectivity index (χ3n) is 2.91. The third kappa shape index (κ3) is 4.58. The first-order valence-corrected chi connectivity index (χ1v) is 6.66. The number of amides is 4. The van der Waals surface area contributed by atoms with Crippen LogP contribution in [-0.2, 0) is 19.1 Å². The summed E-state index contributed by atoms with van der Waals surface area (Å²) in [5, 5.41) is 6.91. The number of rotatable bonds is 4. The van der Waals surface area contributed by atoms with Gasteiger partial charge in [0.1, 0.15) is 6.04 Å². The second-order valence-corrected chi connectivity index (χ2v) is 4.63. The van der Waals surface area contributed by atoms with E-state index < -0.39 is 30.6 Å². The lowest BCUT2D eigenvalue weighted by molar-refractivity contribution is -0.150. The van der Waals surface area contributed by atoms with E-state index in [2.05, 4.69) is 10.6 Å². The molecule has 1 aromatic carbocycles. The van der Waals surface area contributed by atoms with E-state index in [0.717, 1.165) is 0 Å². The maximum absolute atomic E-state index is 11.6. The molecule has 1 saturated heterocycles. The average molecular weight is 305 g/mol. The summed E-state index contributed by atoms with van der Waals surface area (Å²) < 4.78 is 4.74. The molecule has 4 amide bonds. The molecule has 0 aliphatic carbocycles. The van der Waals surface area contributed by atoms with Crippen molar-refractivity contribution < 1.29 is 23.9 Å². The summed E-state index contributed by atoms with van der Waals surface area (Å²) in [6, 6.07) is 7.12. The van der Waals surface area contributed by atoms with Crippen LogP contribution in [0.1, 0.15) is 12.8 Å². The summed E-state index contributed by atoms with van der Waals surface area (Å²) in [5.74, 6) is -1.68. The number of nitrogens with one attached hydrogen (secondary N) is 3. The monoisotopic (exact) mass is 305 g/mol. The van der Waals surface area contributed by atoms with E-state index in [1.807, 2.05) is 5.32 Å². The molecular formula is C14H15N3O5. The van der Waals surface area contributed by atoms with Crippen LogP contribution in [0.15, 0.2) is 30.3 Å². The predicted octanol–water partition coefficient (Wildman–Crippen LogP) is 0.156. The van der Waals surface area contributed by atoms with E-state index in [-0.39, 0.29) is 12.3 Å². The lowest BCUT2D eigenvalue weighted by Gasteiger charge is -2.10. The molecular weight excluding hydrogens is 290 g/mol. The number of hydrogen-bond donors (Lipinski definition) is 3. The highest BCUT2D eigenvalue weighted by molar-refractivity contribution is 6.02. The predicted molar refractivity (Wildman–Crippen MR) is 75.7 cm³/mol. The molecule has 0 aromatic heterocycles. The molecule has 1 aliphatic heterocycles. The van der Waals surface area contributed by atoms with Gasteiger partial charge in [-0.25, -0.2) is 9.59 Å². The Labute approximate surface area is 126 Å². The molecule has 8 nitrogen and oxygen atoms in total. The van der Waals surface area contributed by atoms with Crippen molar-refractivity contribution in [1.82, 2.24) is 10.6 Å². The van der Waals surface area contributed by atoms with Crippen LogP contribution < -0.4 is 16.0 Å². The summed E-state index contributed by atoms with van der Waals surface area (Å²) in [7, 11) is 0. The Balaban J connectivity index is 1.70. The summed E-state index contributed by atoms with van der Waals surface area (Å²) in [6.45, 7) is -0.590. The Morgan fingerprint density at radius 3 is 2.59 bits per heavy atom. The quantitative estimate of drug-likeness (QED) is 0.686. The number of hydrogen-bond acceptors (Lipinski definition) is 5. The molecule has 116 valence electrons. The van der Waals surface area contributed by atoms with Gasteiger partial charge >= 0.3 is 12.0 Å². The van der Waals surface area contributed by atoms with Crippen LogP contribution in [-0.4, -0.2) is 36.5 Å². The second kappa shape index (κ2) is 7.21. The number of benzene rings is 1. The molecule has 1 aliphatic rings. The lowest BCUT2D eigenvalue weighted by atomic mass is 10.2. The van der Waals surface area contributed by atoms with E-state index in [1.54, 1.807) is 30.3 Å². The molecule has 8 heteroatoms. The zero-order valence-electron chi connectivity index (χ0n) is 11.6. The van der Waals surface area contributed by atoms with Crippen LogP contribution in [0.25, 0.3) is 0 Å². The largest absolute Gasteiger partial charge is 0.454 e. The molecule has 0 radical (unpaired) electrons. The Morgan fingerprint density at radius 2 is 1.95 bits per heavy atom. The molecule has 0 unspecified atom stereocenters. The summed E-state index contributed by atoms with van der Waals surface area (Å²) in [4.78, 5) is 45.5. The van der Waals surface area contributed by atoms with Gasteiger partial charge in [-0.05, 0) is 18.6 Å². The van der Waals surface area contributed by atoms with Gasteiger partial charge in [-0.2, -0.15) is 0 Å². The number of anilines is 1. The van der Waals surface area contributed by atoms with Crippen molar-refractivity contribution in [3.05, 3.63) is 30.3 Å². The van der Waals surface area contributed by atoms with Crippen LogP contribution in [0.5, 0.6) is 0 Å². The van der Waals surface area contributed by atoms with Crippen LogP contribution in [0, 0.1) is 0 Å². The number of ether oxygens (including phenoxy) is 1. The molecule has 1 atom stereocenters. The standard InChI is InChI=1S/C14H15N3O5/c18-11-7-6-10(16-11)13(20)22-8-12(19)17-14(21)15-9-4-2-1-3-5-9/h1-5,10H,6-8H2,(H,16,18)(H2,15,17,19,21)/t10-/m0/s1. The molecule has 22 heavy (non-hydrogen) atoms. The van der Waals surface area contributed by atoms with Crippen molar-refractivity contribution in [3.8, 4) is 0 Å². The summed E-state index contributed by atoms with van der Waals surface area (Å²) >= 11 is 0. The van der Waals surface area contributed by atoms with E-state index in [9.17, 15) is 19.2 Å². The normalized spacial score (nSPS) is 16.5. The maximum atomic E-state index is 11.6. The van der Waals surface area contributed by atoms with Crippen LogP contribution in [0.3, 0.4) is 0 Å². The van der Waals surface area contributed by atoms with Crippen molar-refractivity contribution in [2.75, 3.05) is 11.9 Å². The molecule has 3 N–H and O–H groups in total. The fourth-order valence-corrected chi connectivity index (χ4v) is 1.87. The van der Waals surface area contributed by atoms with E-state index >= 15 is 0 Å². The van der Waals surface area contributed by atoms with Gasteiger partial charge in [0, 0.05) is 12.1 Å². The van der Waals surface area contributed by atoms with Crippen molar-refractivity contribution in [3.63, 3.8) is 0 Å². The first-order valence-electron chi connectivity index (χ1n) is 6.66. The zero-order chi connectivity index (χ0) is 15.9. The minimum Gasteiger partial charge on any atom is -0.454 e. The first-order chi connectivity index (χ1) is 10.5. The van der Waals surface area contributed by atoms with Crippen molar-refractivity contribution in [1.29, 1.82) is 0 Å². The Morgan fingerprint density at radius 1 is 1.23 bits per heavy atom. The van der Waals surface area contributed by atoms with Crippen molar-refractivity contribution >= 4 is 29.5 Å². The third-order valence-corrected chi connectivity index (χ3v) is 2.91. The smallest absolute Gasteiger partial charge is 0.329 e. The van der Waals surface area contributed by atoms with Gasteiger partial charge in [-0.1, -0.05) is 18.2 Å². The number of carbonyl (C=O) groups is 4. The Bertz CT molecular complexity index is 587. The fraction of sp³-hybridized carbons (Fsp3) is 0.286. The number of carbonyl (C=O) groups excluding carboxylic acids is 4. The number of urea groups is 1. The second-order valence-electron chi connectivity index (χ2n) is 4.63. The van der Waals surface area contributed by atoms with Gasteiger partial charge in [-0.3, -0.25) is 14.9 Å². The highest BCUT2D eigenvalue weighted by Crippen LogP contribution is 2.08. The maximum Gasteiger partial charge on any atom is 0.329 e. The zero-order valence-corrected chi connectivity index (χ0v) is 11.6. The average Bonchev–Trinajstić information content (AvgIpc) is 2.92. The lowest BCUT2D eigenvalue weighted by Crippen LogP contribution is -2.40. The molecule has 1 fully saturated rings. The van der Waals surface area contributed by atoms with Crippen molar-refractivity contribution in [2.24, 2.45) is 0 Å². The molecule has 1 aromatic rings. The number of esters is 1. The van der Waals surface area contributed by atoms with E-state index in [1.165, 1.54) is 0 Å². The Hall–Kier alpha value is -2.90. The highest BCUT2D eigenvalue weighted by Gasteiger charge is 2.28. The van der Waals surface area contributed by atoms with Gasteiger partial charge in [0.2, 0.25) is 5.91 Å². The van der Waals surface area contributed by atoms with Crippen molar-refractivity contribution in [2.45, 2.75) is 18.9 Å². The SMILES string of the molecule is O=C(COC(=O)[C@@H]1CCC(=O)N1)NC(=O)Nc1ccccc1. The molecule has 0 bridgehead atoms. The first kappa shape index (κ1) is 15.5. The van der Waals surface area contributed by atoms with Gasteiger partial charge in [0.05, 0.1) is 0 Å². The minimum absolute atomic E-state index is 0.228. The van der Waals surface area contributed by atoms with E-state index in [0.29, 0.717) is 12.1 Å². The highest BCUT2D eigenvalue weighted by atomic mass is 16.5. The number of para-hydroxylation sites is 1. The van der Waals surface area contributed by atoms with Crippen LogP contribution in [0.4, 0.5) is 10.5 Å². The summed E-state index contributed by atoms with van der Waals surface area (Å²) in [5.41, 5.74) is 0.526. The molecule has 0 spiro atoms. The fourth-order valence-electron chi connectivity index (χ4n) is 1.87. The van der Waals surface area contributed by atoms with Gasteiger partial charge in [0.25, 0.3) is 5.91 Å². The number of imide groups is 1. The minimum atomic E-state index is -0.758. The Kier molecular flexibility index (Phi) is 5.07. The van der Waals surface area contributed by atoms with Gasteiger partial charge < -0.3 is 15.4 Å². The van der Waals surface area contributed by atoms with Crippen LogP contribution >= 0.6 is 0 Å². The molecule has 1 heterocycles. The van der Waals surface area contributed by atoms with E-state index in [4.69, 9.17) is 4.74 Å². The topological polar surface area (TPSA) is 114 Å². The van der Waals surface area contributed by atoms with Crippen LogP contribution in [0.2, 0.25) is 0 Å². The van der Waals surface area contributed by atoms with Gasteiger partial charge in [-0.15, -0.1) is 0 Å². The molecule has 0 saturated carbocycles.